The Labute approximate surface area is 231 Å². The molecule has 6 heteroatoms. The Balaban J connectivity index is 1.51. The van der Waals surface area contributed by atoms with E-state index in [1.54, 1.807) is 17.0 Å². The third-order valence-corrected chi connectivity index (χ3v) is 7.73. The minimum atomic E-state index is -0.702. The predicted octanol–water partition coefficient (Wildman–Crippen LogP) is 7.62. The summed E-state index contributed by atoms with van der Waals surface area (Å²) in [7, 11) is 0. The van der Waals surface area contributed by atoms with Crippen LogP contribution < -0.4 is 10.2 Å². The first-order chi connectivity index (χ1) is 19.0. The molecule has 4 aromatic carbocycles. The molecule has 1 aliphatic carbocycles. The first-order valence-corrected chi connectivity index (χ1v) is 13.3. The second-order valence-electron chi connectivity index (χ2n) is 9.99. The number of hydrogen-bond acceptors (Lipinski definition) is 3. The number of amides is 1. The van der Waals surface area contributed by atoms with Crippen LogP contribution in [0.5, 0.6) is 0 Å². The summed E-state index contributed by atoms with van der Waals surface area (Å²) in [4.78, 5) is 29.8. The van der Waals surface area contributed by atoms with Gasteiger partial charge < -0.3 is 5.32 Å². The summed E-state index contributed by atoms with van der Waals surface area (Å²) in [6, 6.07) is 30.1. The smallest absolute Gasteiger partial charge is 0.232 e. The third-order valence-electron chi connectivity index (χ3n) is 7.48. The molecule has 0 fully saturated rings. The van der Waals surface area contributed by atoms with Gasteiger partial charge in [-0.15, -0.1) is 0 Å². The molecule has 0 saturated heterocycles. The van der Waals surface area contributed by atoms with Crippen molar-refractivity contribution in [3.63, 3.8) is 0 Å². The minimum Gasteiger partial charge on any atom is -0.357 e. The molecule has 2 atom stereocenters. The Morgan fingerprint density at radius 1 is 0.846 bits per heavy atom. The van der Waals surface area contributed by atoms with Crippen molar-refractivity contribution in [1.29, 1.82) is 0 Å². The monoisotopic (exact) mass is 536 g/mol. The highest BCUT2D eigenvalue weighted by molar-refractivity contribution is 6.30. The topological polar surface area (TPSA) is 49.4 Å². The number of anilines is 2. The molecule has 1 N–H and O–H groups in total. The standard InChI is InChI=1S/C33H26ClFN2O2/c34-25-14-10-22(11-15-25)24-19-28-32(30(38)20-24)33(23-12-16-26(35)17-13-23)37(29-9-5-4-8-27(29)36-28)31(39)18-21-6-2-1-3-7-21/h1-17,24,33,36H,18-20H2/t24-,33-/m1/s1. The van der Waals surface area contributed by atoms with Gasteiger partial charge in [0.25, 0.3) is 0 Å². The molecule has 1 heterocycles. The maximum atomic E-state index is 14.1. The fourth-order valence-electron chi connectivity index (χ4n) is 5.65. The molecule has 1 amide bonds. The van der Waals surface area contributed by atoms with E-state index >= 15 is 0 Å². The molecule has 194 valence electrons. The van der Waals surface area contributed by atoms with Crippen LogP contribution in [0.25, 0.3) is 0 Å². The molecule has 39 heavy (non-hydrogen) atoms. The number of para-hydroxylation sites is 2. The van der Waals surface area contributed by atoms with Gasteiger partial charge in [0.1, 0.15) is 5.82 Å². The Kier molecular flexibility index (Phi) is 6.76. The summed E-state index contributed by atoms with van der Waals surface area (Å²) in [5, 5.41) is 4.17. The van der Waals surface area contributed by atoms with Gasteiger partial charge in [-0.05, 0) is 65.4 Å². The van der Waals surface area contributed by atoms with E-state index in [1.165, 1.54) is 12.1 Å². The van der Waals surface area contributed by atoms with E-state index in [1.807, 2.05) is 78.9 Å². The van der Waals surface area contributed by atoms with Gasteiger partial charge in [0.15, 0.2) is 5.78 Å². The molecular weight excluding hydrogens is 511 g/mol. The molecule has 0 bridgehead atoms. The van der Waals surface area contributed by atoms with Gasteiger partial charge in [-0.2, -0.15) is 0 Å². The maximum absolute atomic E-state index is 14.1. The van der Waals surface area contributed by atoms with Crippen molar-refractivity contribution in [2.45, 2.75) is 31.2 Å². The van der Waals surface area contributed by atoms with Crippen molar-refractivity contribution >= 4 is 34.7 Å². The van der Waals surface area contributed by atoms with Gasteiger partial charge in [0.2, 0.25) is 5.91 Å². The van der Waals surface area contributed by atoms with Crippen LogP contribution in [0.15, 0.2) is 114 Å². The molecule has 0 unspecified atom stereocenters. The number of rotatable bonds is 4. The number of nitrogens with zero attached hydrogens (tertiary/aromatic N) is 1. The van der Waals surface area contributed by atoms with Crippen molar-refractivity contribution < 1.29 is 14.0 Å². The maximum Gasteiger partial charge on any atom is 0.232 e. The number of benzene rings is 4. The fraction of sp³-hybridized carbons (Fsp3) is 0.152. The zero-order valence-corrected chi connectivity index (χ0v) is 21.9. The third kappa shape index (κ3) is 4.98. The average molecular weight is 537 g/mol. The van der Waals surface area contributed by atoms with E-state index in [4.69, 9.17) is 11.6 Å². The van der Waals surface area contributed by atoms with E-state index < -0.39 is 6.04 Å². The van der Waals surface area contributed by atoms with Gasteiger partial charge in [0, 0.05) is 22.7 Å². The molecule has 6 rings (SSSR count). The second kappa shape index (κ2) is 10.5. The lowest BCUT2D eigenvalue weighted by atomic mass is 9.78. The van der Waals surface area contributed by atoms with Crippen LogP contribution in [-0.2, 0) is 16.0 Å². The Morgan fingerprint density at radius 2 is 1.51 bits per heavy atom. The van der Waals surface area contributed by atoms with Crippen LogP contribution >= 0.6 is 11.6 Å². The SMILES string of the molecule is O=C1C[C@H](c2ccc(Cl)cc2)CC2=C1[C@@H](c1ccc(F)cc1)N(C(=O)Cc1ccccc1)c1ccccc1N2. The largest absolute Gasteiger partial charge is 0.357 e. The van der Waals surface area contributed by atoms with Gasteiger partial charge >= 0.3 is 0 Å². The number of carbonyl (C=O) groups excluding carboxylic acids is 2. The van der Waals surface area contributed by atoms with Gasteiger partial charge in [-0.25, -0.2) is 4.39 Å². The number of halogens is 2. The Bertz CT molecular complexity index is 1570. The molecule has 0 aromatic heterocycles. The van der Waals surface area contributed by atoms with Crippen LogP contribution in [0.3, 0.4) is 0 Å². The number of allylic oxidation sites excluding steroid dienone is 1. The van der Waals surface area contributed by atoms with Crippen molar-refractivity contribution in [3.05, 3.63) is 142 Å². The normalized spacial score (nSPS) is 18.6. The summed E-state index contributed by atoms with van der Waals surface area (Å²) in [5.41, 5.74) is 5.35. The van der Waals surface area contributed by atoms with E-state index in [9.17, 15) is 14.0 Å². The van der Waals surface area contributed by atoms with Crippen LogP contribution in [0.2, 0.25) is 5.02 Å². The van der Waals surface area contributed by atoms with Gasteiger partial charge in [0.05, 0.1) is 23.8 Å². The highest BCUT2D eigenvalue weighted by atomic mass is 35.5. The summed E-state index contributed by atoms with van der Waals surface area (Å²) in [6.07, 6.45) is 1.06. The highest BCUT2D eigenvalue weighted by Crippen LogP contribution is 2.47. The lowest BCUT2D eigenvalue weighted by Crippen LogP contribution is -2.39. The van der Waals surface area contributed by atoms with E-state index in [2.05, 4.69) is 5.32 Å². The molecule has 4 nitrogen and oxygen atoms in total. The van der Waals surface area contributed by atoms with Crippen LogP contribution in [0, 0.1) is 5.82 Å². The number of fused-ring (bicyclic) bond motifs is 1. The Hall–Kier alpha value is -4.22. The summed E-state index contributed by atoms with van der Waals surface area (Å²) in [5.74, 6) is -0.594. The first-order valence-electron chi connectivity index (χ1n) is 13.0. The average Bonchev–Trinajstić information content (AvgIpc) is 3.09. The molecule has 1 aliphatic heterocycles. The molecule has 4 aromatic rings. The number of carbonyl (C=O) groups is 2. The van der Waals surface area contributed by atoms with E-state index in [0.29, 0.717) is 34.7 Å². The van der Waals surface area contributed by atoms with E-state index in [0.717, 1.165) is 22.5 Å². The quantitative estimate of drug-likeness (QED) is 0.292. The number of nitrogens with one attached hydrogen (secondary N) is 1. The van der Waals surface area contributed by atoms with Crippen LogP contribution in [-0.4, -0.2) is 11.7 Å². The molecule has 0 spiro atoms. The first kappa shape index (κ1) is 25.1. The van der Waals surface area contributed by atoms with Gasteiger partial charge in [-0.1, -0.05) is 78.3 Å². The number of ketones is 1. The summed E-state index contributed by atoms with van der Waals surface area (Å²) in [6.45, 7) is 0. The molecule has 0 radical (unpaired) electrons. The summed E-state index contributed by atoms with van der Waals surface area (Å²) < 4.78 is 14.0. The molecule has 2 aliphatic rings. The fourth-order valence-corrected chi connectivity index (χ4v) is 5.78. The Morgan fingerprint density at radius 3 is 2.26 bits per heavy atom. The lowest BCUT2D eigenvalue weighted by molar-refractivity contribution is -0.118. The zero-order chi connectivity index (χ0) is 26.9. The molecular formula is C33H26ClFN2O2. The van der Waals surface area contributed by atoms with Crippen molar-refractivity contribution in [3.8, 4) is 0 Å². The number of Topliss-reactive ketones (excluding diaryl/α,β-unsaturated/α-hetero) is 1. The van der Waals surface area contributed by atoms with Gasteiger partial charge in [-0.3, -0.25) is 14.5 Å². The highest BCUT2D eigenvalue weighted by Gasteiger charge is 2.41. The zero-order valence-electron chi connectivity index (χ0n) is 21.1. The summed E-state index contributed by atoms with van der Waals surface area (Å²) >= 11 is 6.12. The lowest BCUT2D eigenvalue weighted by Gasteiger charge is -2.35. The van der Waals surface area contributed by atoms with Crippen molar-refractivity contribution in [1.82, 2.24) is 0 Å². The van der Waals surface area contributed by atoms with Crippen molar-refractivity contribution in [2.24, 2.45) is 0 Å². The number of hydrogen-bond donors (Lipinski definition) is 1. The van der Waals surface area contributed by atoms with Crippen molar-refractivity contribution in [2.75, 3.05) is 10.2 Å². The van der Waals surface area contributed by atoms with Crippen LogP contribution in [0.1, 0.15) is 41.5 Å². The minimum absolute atomic E-state index is 0.0337. The predicted molar refractivity (Wildman–Crippen MR) is 152 cm³/mol. The van der Waals surface area contributed by atoms with Crippen LogP contribution in [0.4, 0.5) is 15.8 Å². The van der Waals surface area contributed by atoms with E-state index in [-0.39, 0.29) is 29.8 Å². The molecule has 0 saturated carbocycles. The second-order valence-corrected chi connectivity index (χ2v) is 10.4.